The fourth-order valence-corrected chi connectivity index (χ4v) is 4.49. The number of ether oxygens (including phenoxy) is 2. The van der Waals surface area contributed by atoms with Gasteiger partial charge in [0.1, 0.15) is 18.0 Å². The molecule has 1 aromatic carbocycles. The fraction of sp³-hybridized carbons (Fsp3) is 0.519. The van der Waals surface area contributed by atoms with Gasteiger partial charge in [0, 0.05) is 35.6 Å². The van der Waals surface area contributed by atoms with Crippen molar-refractivity contribution in [1.82, 2.24) is 9.88 Å². The van der Waals surface area contributed by atoms with Crippen molar-refractivity contribution in [1.29, 1.82) is 0 Å². The summed E-state index contributed by atoms with van der Waals surface area (Å²) in [5, 5.41) is 0.437. The summed E-state index contributed by atoms with van der Waals surface area (Å²) in [6, 6.07) is 8.88. The first-order chi connectivity index (χ1) is 16.7. The maximum absolute atomic E-state index is 13.4. The molecule has 0 radical (unpaired) electrons. The molecule has 1 aliphatic rings. The normalized spacial score (nSPS) is 14.0. The zero-order valence-corrected chi connectivity index (χ0v) is 21.9. The molecular weight excluding hydrogens is 466 g/mol. The number of carbonyl (C=O) groups is 2. The van der Waals surface area contributed by atoms with Crippen LogP contribution in [0.5, 0.6) is 5.75 Å². The van der Waals surface area contributed by atoms with E-state index in [0.717, 1.165) is 38.6 Å². The van der Waals surface area contributed by atoms with Crippen molar-refractivity contribution < 1.29 is 19.1 Å². The number of aromatic nitrogens is 1. The number of halogens is 1. The molecule has 3 rings (SSSR count). The molecule has 1 heterocycles. The monoisotopic (exact) mass is 501 g/mol. The van der Waals surface area contributed by atoms with Crippen LogP contribution < -0.4 is 9.64 Å². The molecule has 2 amide bonds. The number of rotatable bonds is 9. The summed E-state index contributed by atoms with van der Waals surface area (Å²) in [6.45, 7) is 8.72. The SMILES string of the molecule is CCCN(C(=O)c1cc(Cl)cc(OCCN(C(=O)OC(C)(C)C)c2ccncc2)c1)C1CCCC1. The van der Waals surface area contributed by atoms with Crippen LogP contribution in [0.25, 0.3) is 0 Å². The van der Waals surface area contributed by atoms with Gasteiger partial charge < -0.3 is 14.4 Å². The first-order valence-corrected chi connectivity index (χ1v) is 12.7. The summed E-state index contributed by atoms with van der Waals surface area (Å²) in [6.07, 6.45) is 8.09. The van der Waals surface area contributed by atoms with E-state index < -0.39 is 11.7 Å². The molecule has 1 fully saturated rings. The zero-order valence-electron chi connectivity index (χ0n) is 21.1. The molecule has 1 aliphatic carbocycles. The lowest BCUT2D eigenvalue weighted by atomic mass is 10.1. The van der Waals surface area contributed by atoms with Gasteiger partial charge >= 0.3 is 6.09 Å². The van der Waals surface area contributed by atoms with Crippen molar-refractivity contribution in [3.8, 4) is 5.75 Å². The van der Waals surface area contributed by atoms with Crippen molar-refractivity contribution in [3.05, 3.63) is 53.3 Å². The molecule has 8 heteroatoms. The predicted molar refractivity (Wildman–Crippen MR) is 138 cm³/mol. The number of nitrogens with zero attached hydrogens (tertiary/aromatic N) is 3. The van der Waals surface area contributed by atoms with Gasteiger partial charge in [-0.1, -0.05) is 31.4 Å². The second-order valence-corrected chi connectivity index (χ2v) is 10.2. The second-order valence-electron chi connectivity index (χ2n) is 9.80. The molecular formula is C27H36ClN3O4. The molecule has 190 valence electrons. The highest BCUT2D eigenvalue weighted by Crippen LogP contribution is 2.28. The molecule has 1 aromatic heterocycles. The molecule has 0 aliphatic heterocycles. The van der Waals surface area contributed by atoms with Crippen LogP contribution in [0.3, 0.4) is 0 Å². The third kappa shape index (κ3) is 7.85. The summed E-state index contributed by atoms with van der Waals surface area (Å²) in [5.41, 5.74) is 0.548. The minimum atomic E-state index is -0.630. The van der Waals surface area contributed by atoms with Crippen molar-refractivity contribution in [2.45, 2.75) is 71.4 Å². The van der Waals surface area contributed by atoms with Gasteiger partial charge in [0.15, 0.2) is 0 Å². The molecule has 2 aromatic rings. The average molecular weight is 502 g/mol. The van der Waals surface area contributed by atoms with Crippen LogP contribution in [0, 0.1) is 0 Å². The Kier molecular flexibility index (Phi) is 9.38. The van der Waals surface area contributed by atoms with E-state index in [2.05, 4.69) is 11.9 Å². The lowest BCUT2D eigenvalue weighted by Gasteiger charge is -2.29. The molecule has 1 saturated carbocycles. The highest BCUT2D eigenvalue weighted by atomic mass is 35.5. The summed E-state index contributed by atoms with van der Waals surface area (Å²) in [7, 11) is 0. The van der Waals surface area contributed by atoms with Gasteiger partial charge in [-0.2, -0.15) is 0 Å². The van der Waals surface area contributed by atoms with Crippen molar-refractivity contribution >= 4 is 29.3 Å². The minimum absolute atomic E-state index is 0.0155. The van der Waals surface area contributed by atoms with Crippen molar-refractivity contribution in [2.75, 3.05) is 24.6 Å². The van der Waals surface area contributed by atoms with Crippen LogP contribution in [0.4, 0.5) is 10.5 Å². The molecule has 0 spiro atoms. The number of pyridine rings is 1. The Labute approximate surface area is 213 Å². The van der Waals surface area contributed by atoms with Gasteiger partial charge in [-0.05, 0) is 70.4 Å². The van der Waals surface area contributed by atoms with E-state index >= 15 is 0 Å². The first-order valence-electron chi connectivity index (χ1n) is 12.3. The molecule has 0 saturated heterocycles. The second kappa shape index (κ2) is 12.2. The highest BCUT2D eigenvalue weighted by molar-refractivity contribution is 6.31. The smallest absolute Gasteiger partial charge is 0.414 e. The van der Waals surface area contributed by atoms with E-state index in [1.54, 1.807) is 42.7 Å². The summed E-state index contributed by atoms with van der Waals surface area (Å²) >= 11 is 6.35. The van der Waals surface area contributed by atoms with Crippen LogP contribution in [0.1, 0.15) is 70.2 Å². The average Bonchev–Trinajstić information content (AvgIpc) is 3.33. The number of anilines is 1. The van der Waals surface area contributed by atoms with E-state index in [-0.39, 0.29) is 25.1 Å². The third-order valence-corrected chi connectivity index (χ3v) is 6.00. The predicted octanol–water partition coefficient (Wildman–Crippen LogP) is 6.35. The van der Waals surface area contributed by atoms with E-state index in [1.165, 1.54) is 4.90 Å². The van der Waals surface area contributed by atoms with Crippen LogP contribution in [0.2, 0.25) is 5.02 Å². The number of carbonyl (C=O) groups excluding carboxylic acids is 2. The van der Waals surface area contributed by atoms with Crippen molar-refractivity contribution in [2.24, 2.45) is 0 Å². The van der Waals surface area contributed by atoms with Crippen molar-refractivity contribution in [3.63, 3.8) is 0 Å². The van der Waals surface area contributed by atoms with E-state index in [9.17, 15) is 9.59 Å². The zero-order chi connectivity index (χ0) is 25.4. The Bertz CT molecular complexity index is 988. The van der Waals surface area contributed by atoms with Gasteiger partial charge in [0.2, 0.25) is 0 Å². The fourth-order valence-electron chi connectivity index (χ4n) is 4.26. The van der Waals surface area contributed by atoms with E-state index in [4.69, 9.17) is 21.1 Å². The van der Waals surface area contributed by atoms with Crippen LogP contribution >= 0.6 is 11.6 Å². The van der Waals surface area contributed by atoms with Crippen LogP contribution in [-0.2, 0) is 4.74 Å². The molecule has 0 N–H and O–H groups in total. The molecule has 0 bridgehead atoms. The number of hydrogen-bond donors (Lipinski definition) is 0. The maximum atomic E-state index is 13.4. The lowest BCUT2D eigenvalue weighted by Crippen LogP contribution is -2.39. The maximum Gasteiger partial charge on any atom is 0.414 e. The Morgan fingerprint density at radius 2 is 1.77 bits per heavy atom. The summed E-state index contributed by atoms with van der Waals surface area (Å²) < 4.78 is 11.5. The topological polar surface area (TPSA) is 72.0 Å². The van der Waals surface area contributed by atoms with Gasteiger partial charge in [-0.15, -0.1) is 0 Å². The van der Waals surface area contributed by atoms with Gasteiger partial charge in [-0.25, -0.2) is 4.79 Å². The quantitative estimate of drug-likeness (QED) is 0.400. The Balaban J connectivity index is 1.71. The Morgan fingerprint density at radius 3 is 2.40 bits per heavy atom. The van der Waals surface area contributed by atoms with Crippen LogP contribution in [0.15, 0.2) is 42.7 Å². The van der Waals surface area contributed by atoms with Gasteiger partial charge in [-0.3, -0.25) is 14.7 Å². The number of hydrogen-bond acceptors (Lipinski definition) is 5. The molecule has 7 nitrogen and oxygen atoms in total. The minimum Gasteiger partial charge on any atom is -0.492 e. The first kappa shape index (κ1) is 26.8. The standard InChI is InChI=1S/C27H36ClN3O4/c1-5-14-30(22-8-6-7-9-22)25(32)20-17-21(28)19-24(18-20)34-16-15-31(23-10-12-29-13-11-23)26(33)35-27(2,3)4/h10-13,17-19,22H,5-9,14-16H2,1-4H3. The van der Waals surface area contributed by atoms with Gasteiger partial charge in [0.05, 0.1) is 12.2 Å². The Hall–Kier alpha value is -2.80. The van der Waals surface area contributed by atoms with Crippen LogP contribution in [-0.4, -0.2) is 53.2 Å². The molecule has 35 heavy (non-hydrogen) atoms. The summed E-state index contributed by atoms with van der Waals surface area (Å²) in [5.74, 6) is 0.473. The highest BCUT2D eigenvalue weighted by Gasteiger charge is 2.27. The van der Waals surface area contributed by atoms with E-state index in [1.807, 2.05) is 25.7 Å². The lowest BCUT2D eigenvalue weighted by molar-refractivity contribution is 0.0574. The third-order valence-electron chi connectivity index (χ3n) is 5.78. The van der Waals surface area contributed by atoms with Gasteiger partial charge in [0.25, 0.3) is 5.91 Å². The molecule has 0 unspecified atom stereocenters. The number of amides is 2. The number of benzene rings is 1. The summed E-state index contributed by atoms with van der Waals surface area (Å²) in [4.78, 5) is 33.7. The van der Waals surface area contributed by atoms with E-state index in [0.29, 0.717) is 22.0 Å². The Morgan fingerprint density at radius 1 is 1.09 bits per heavy atom. The molecule has 0 atom stereocenters. The largest absolute Gasteiger partial charge is 0.492 e.